The minimum Gasteiger partial charge on any atom is -0.490 e. The van der Waals surface area contributed by atoms with E-state index in [0.717, 1.165) is 18.9 Å². The third-order valence-electron chi connectivity index (χ3n) is 8.05. The number of aromatic carboxylic acids is 1. The molecule has 11 nitrogen and oxygen atoms in total. The zero-order chi connectivity index (χ0) is 30.4. The number of benzene rings is 2. The molecule has 3 aliphatic rings. The Kier molecular flexibility index (Phi) is 7.40. The van der Waals surface area contributed by atoms with Crippen LogP contribution in [-0.2, 0) is 9.53 Å². The number of cyclic esters (lactones) is 1. The molecule has 226 valence electrons. The van der Waals surface area contributed by atoms with Gasteiger partial charge in [-0.05, 0) is 43.5 Å². The van der Waals surface area contributed by atoms with Gasteiger partial charge in [0.15, 0.2) is 11.6 Å². The smallest absolute Gasteiger partial charge is 0.414 e. The Morgan fingerprint density at radius 3 is 2.58 bits per heavy atom. The minimum atomic E-state index is -1.34. The normalized spacial score (nSPS) is 20.0. The molecule has 0 spiro atoms. The molecule has 1 aromatic heterocycles. The molecule has 2 unspecified atom stereocenters. The number of carbonyl (C=O) groups excluding carboxylic acids is 2. The summed E-state index contributed by atoms with van der Waals surface area (Å²) in [5.41, 5.74) is 0.0312. The lowest BCUT2D eigenvalue weighted by atomic mass is 10.1. The number of halogens is 2. The Balaban J connectivity index is 1.12. The van der Waals surface area contributed by atoms with Gasteiger partial charge < -0.3 is 29.4 Å². The van der Waals surface area contributed by atoms with E-state index in [1.807, 2.05) is 4.90 Å². The average Bonchev–Trinajstić information content (AvgIpc) is 3.58. The van der Waals surface area contributed by atoms with Gasteiger partial charge in [0.2, 0.25) is 11.3 Å². The number of amides is 2. The van der Waals surface area contributed by atoms with E-state index in [0.29, 0.717) is 36.4 Å². The highest BCUT2D eigenvalue weighted by Crippen LogP contribution is 2.39. The molecule has 0 bridgehead atoms. The van der Waals surface area contributed by atoms with Gasteiger partial charge in [-0.15, -0.1) is 0 Å². The summed E-state index contributed by atoms with van der Waals surface area (Å²) in [6, 6.07) is 7.00. The van der Waals surface area contributed by atoms with Crippen LogP contribution in [0.2, 0.25) is 0 Å². The zero-order valence-corrected chi connectivity index (χ0v) is 23.3. The van der Waals surface area contributed by atoms with Crippen LogP contribution in [0.25, 0.3) is 10.9 Å². The van der Waals surface area contributed by atoms with E-state index in [4.69, 9.17) is 9.47 Å². The summed E-state index contributed by atoms with van der Waals surface area (Å²) >= 11 is 0. The van der Waals surface area contributed by atoms with E-state index in [-0.39, 0.29) is 54.3 Å². The Bertz CT molecular complexity index is 1690. The van der Waals surface area contributed by atoms with Gasteiger partial charge in [0.05, 0.1) is 36.6 Å². The molecule has 2 atom stereocenters. The van der Waals surface area contributed by atoms with Gasteiger partial charge in [0.25, 0.3) is 0 Å². The summed E-state index contributed by atoms with van der Waals surface area (Å²) in [6.07, 6.45) is 2.55. The second-order valence-electron chi connectivity index (χ2n) is 11.2. The predicted octanol–water partition coefficient (Wildman–Crippen LogP) is 3.68. The Morgan fingerprint density at radius 1 is 1.09 bits per heavy atom. The Morgan fingerprint density at radius 2 is 1.88 bits per heavy atom. The first kappa shape index (κ1) is 28.4. The number of hydrogen-bond donors (Lipinski definition) is 2. The second kappa shape index (κ2) is 11.2. The van der Waals surface area contributed by atoms with Gasteiger partial charge in [-0.25, -0.2) is 18.4 Å². The monoisotopic (exact) mass is 596 g/mol. The highest BCUT2D eigenvalue weighted by molar-refractivity contribution is 5.94. The van der Waals surface area contributed by atoms with E-state index in [2.05, 4.69) is 5.32 Å². The molecular formula is C30H30F2N4O7. The minimum absolute atomic E-state index is 0.0177. The molecule has 2 amide bonds. The summed E-state index contributed by atoms with van der Waals surface area (Å²) in [5, 5.41) is 12.1. The quantitative estimate of drug-likeness (QED) is 0.383. The molecule has 2 N–H and O–H groups in total. The molecular weight excluding hydrogens is 566 g/mol. The number of pyridine rings is 1. The standard InChI is InChI=1S/C30H30F2N4O7/c1-16(37)33-11-20-13-36(30(41)43-20)19-4-5-27(24(32)8-19)42-15-17-6-7-34(12-17)26-10-25-21(9-23(26)31)28(38)22(29(39)40)14-35(25)18-2-3-18/h4-5,8-10,14,17-18,20H,2-3,6-7,11-13,15H2,1H3,(H,33,37)(H,39,40). The van der Waals surface area contributed by atoms with E-state index in [1.54, 1.807) is 16.7 Å². The summed E-state index contributed by atoms with van der Waals surface area (Å²) in [6.45, 7) is 2.84. The summed E-state index contributed by atoms with van der Waals surface area (Å²) in [7, 11) is 0. The molecule has 43 heavy (non-hydrogen) atoms. The van der Waals surface area contributed by atoms with Crippen molar-refractivity contribution in [2.45, 2.75) is 38.3 Å². The lowest BCUT2D eigenvalue weighted by Gasteiger charge is -2.21. The fourth-order valence-electron chi connectivity index (χ4n) is 5.67. The first-order valence-corrected chi connectivity index (χ1v) is 14.1. The lowest BCUT2D eigenvalue weighted by molar-refractivity contribution is -0.119. The van der Waals surface area contributed by atoms with Crippen LogP contribution in [0.4, 0.5) is 25.0 Å². The Labute approximate surface area is 244 Å². The molecule has 3 aromatic rings. The van der Waals surface area contributed by atoms with Gasteiger partial charge in [-0.3, -0.25) is 14.5 Å². The zero-order valence-electron chi connectivity index (χ0n) is 23.3. The molecule has 3 heterocycles. The number of ether oxygens (including phenoxy) is 2. The van der Waals surface area contributed by atoms with Crippen molar-refractivity contribution in [2.75, 3.05) is 42.6 Å². The van der Waals surface area contributed by atoms with Crippen LogP contribution in [-0.4, -0.2) is 66.5 Å². The maximum atomic E-state index is 15.3. The van der Waals surface area contributed by atoms with Crippen molar-refractivity contribution in [1.82, 2.24) is 9.88 Å². The molecule has 3 fully saturated rings. The maximum absolute atomic E-state index is 15.3. The summed E-state index contributed by atoms with van der Waals surface area (Å²) < 4.78 is 43.0. The van der Waals surface area contributed by atoms with Gasteiger partial charge in [0.1, 0.15) is 17.5 Å². The van der Waals surface area contributed by atoms with Crippen LogP contribution < -0.4 is 25.3 Å². The average molecular weight is 597 g/mol. The van der Waals surface area contributed by atoms with Crippen molar-refractivity contribution in [3.8, 4) is 5.75 Å². The molecule has 2 saturated heterocycles. The van der Waals surface area contributed by atoms with E-state index < -0.39 is 35.2 Å². The first-order chi connectivity index (χ1) is 20.6. The summed E-state index contributed by atoms with van der Waals surface area (Å²) in [4.78, 5) is 50.9. The largest absolute Gasteiger partial charge is 0.490 e. The molecule has 2 aliphatic heterocycles. The molecule has 0 radical (unpaired) electrons. The van der Waals surface area contributed by atoms with Crippen molar-refractivity contribution >= 4 is 40.2 Å². The molecule has 13 heteroatoms. The van der Waals surface area contributed by atoms with Crippen molar-refractivity contribution in [1.29, 1.82) is 0 Å². The number of anilines is 2. The number of carboxylic acid groups (broad SMARTS) is 1. The second-order valence-corrected chi connectivity index (χ2v) is 11.2. The van der Waals surface area contributed by atoms with Gasteiger partial charge in [-0.2, -0.15) is 0 Å². The SMILES string of the molecule is CC(=O)NCC1CN(c2ccc(OCC3CCN(c4cc5c(cc4F)c(=O)c(C(=O)O)cn5C4CC4)C3)c(F)c2)C(=O)O1. The van der Waals surface area contributed by atoms with Crippen molar-refractivity contribution in [2.24, 2.45) is 5.92 Å². The Hall–Kier alpha value is -4.68. The van der Waals surface area contributed by atoms with Crippen LogP contribution in [0.5, 0.6) is 5.75 Å². The number of aromatic nitrogens is 1. The van der Waals surface area contributed by atoms with Crippen LogP contribution in [0.15, 0.2) is 41.3 Å². The van der Waals surface area contributed by atoms with E-state index in [1.165, 1.54) is 30.2 Å². The topological polar surface area (TPSA) is 130 Å². The fraction of sp³-hybridized carbons (Fsp3) is 0.400. The number of rotatable bonds is 9. The number of fused-ring (bicyclic) bond motifs is 1. The predicted molar refractivity (Wildman–Crippen MR) is 152 cm³/mol. The number of nitrogens with one attached hydrogen (secondary N) is 1. The molecule has 6 rings (SSSR count). The van der Waals surface area contributed by atoms with Crippen LogP contribution >= 0.6 is 0 Å². The van der Waals surface area contributed by atoms with E-state index >= 15 is 4.39 Å². The fourth-order valence-corrected chi connectivity index (χ4v) is 5.67. The number of carboxylic acids is 1. The van der Waals surface area contributed by atoms with Crippen LogP contribution in [0.1, 0.15) is 42.6 Å². The highest BCUT2D eigenvalue weighted by Gasteiger charge is 2.33. The van der Waals surface area contributed by atoms with Gasteiger partial charge >= 0.3 is 12.1 Å². The summed E-state index contributed by atoms with van der Waals surface area (Å²) in [5.74, 6) is -2.86. The molecule has 2 aromatic carbocycles. The lowest BCUT2D eigenvalue weighted by Crippen LogP contribution is -2.33. The number of nitrogens with zero attached hydrogens (tertiary/aromatic N) is 3. The number of carbonyl (C=O) groups is 3. The van der Waals surface area contributed by atoms with Crippen molar-refractivity contribution in [3.63, 3.8) is 0 Å². The van der Waals surface area contributed by atoms with E-state index in [9.17, 15) is 28.7 Å². The van der Waals surface area contributed by atoms with Crippen molar-refractivity contribution < 1.29 is 37.7 Å². The van der Waals surface area contributed by atoms with Crippen LogP contribution in [0.3, 0.4) is 0 Å². The van der Waals surface area contributed by atoms with Gasteiger partial charge in [0, 0.05) is 49.6 Å². The third-order valence-corrected chi connectivity index (χ3v) is 8.05. The van der Waals surface area contributed by atoms with Gasteiger partial charge in [-0.1, -0.05) is 0 Å². The maximum Gasteiger partial charge on any atom is 0.414 e. The highest BCUT2D eigenvalue weighted by atomic mass is 19.1. The molecule has 1 saturated carbocycles. The molecule has 1 aliphatic carbocycles. The van der Waals surface area contributed by atoms with Crippen LogP contribution in [0, 0.1) is 17.6 Å². The third kappa shape index (κ3) is 5.71. The first-order valence-electron chi connectivity index (χ1n) is 14.1. The van der Waals surface area contributed by atoms with Crippen molar-refractivity contribution in [3.05, 3.63) is 63.9 Å². The number of hydrogen-bond acceptors (Lipinski definition) is 7.